The summed E-state index contributed by atoms with van der Waals surface area (Å²) in [4.78, 5) is 29.1. The number of nitrogens with one attached hydrogen (secondary N) is 2. The lowest BCUT2D eigenvalue weighted by Crippen LogP contribution is -2.51. The average molecular weight is 347 g/mol. The number of aromatic nitrogens is 2. The zero-order valence-corrected chi connectivity index (χ0v) is 15.5. The van der Waals surface area contributed by atoms with Gasteiger partial charge in [-0.25, -0.2) is 4.79 Å². The Morgan fingerprint density at radius 1 is 1.16 bits per heavy atom. The normalized spacial score (nSPS) is 22.1. The lowest BCUT2D eigenvalue weighted by Gasteiger charge is -2.31. The van der Waals surface area contributed by atoms with Gasteiger partial charge in [0.1, 0.15) is 6.04 Å². The molecule has 25 heavy (non-hydrogen) atoms. The molecule has 2 fully saturated rings. The molecule has 7 nitrogen and oxygen atoms in total. The fraction of sp³-hybridized carbons (Fsp3) is 0.722. The van der Waals surface area contributed by atoms with Gasteiger partial charge in [-0.15, -0.1) is 0 Å². The molecule has 3 amide bonds. The van der Waals surface area contributed by atoms with Crippen LogP contribution in [0.25, 0.3) is 0 Å². The van der Waals surface area contributed by atoms with Crippen molar-refractivity contribution in [1.82, 2.24) is 25.3 Å². The zero-order chi connectivity index (χ0) is 18.0. The lowest BCUT2D eigenvalue weighted by molar-refractivity contribution is -0.133. The van der Waals surface area contributed by atoms with Crippen molar-refractivity contribution >= 4 is 11.9 Å². The van der Waals surface area contributed by atoms with Crippen molar-refractivity contribution in [3.8, 4) is 0 Å². The van der Waals surface area contributed by atoms with Gasteiger partial charge < -0.3 is 15.1 Å². The van der Waals surface area contributed by atoms with E-state index in [0.29, 0.717) is 6.54 Å². The Morgan fingerprint density at radius 3 is 2.52 bits per heavy atom. The molecule has 0 aliphatic carbocycles. The summed E-state index contributed by atoms with van der Waals surface area (Å²) in [5.41, 5.74) is 3.07. The summed E-state index contributed by atoms with van der Waals surface area (Å²) >= 11 is 0. The van der Waals surface area contributed by atoms with E-state index < -0.39 is 6.04 Å². The molecular formula is C18H29N5O2. The number of piperidine rings is 1. The van der Waals surface area contributed by atoms with Crippen LogP contribution in [-0.4, -0.2) is 57.6 Å². The van der Waals surface area contributed by atoms with Gasteiger partial charge in [0, 0.05) is 30.9 Å². The molecule has 0 aromatic carbocycles. The number of carbonyl (C=O) groups is 2. The predicted molar refractivity (Wildman–Crippen MR) is 95.2 cm³/mol. The third-order valence-electron chi connectivity index (χ3n) is 5.41. The number of hydrogen-bond donors (Lipinski definition) is 2. The molecule has 1 aromatic rings. The Labute approximate surface area is 149 Å². The maximum Gasteiger partial charge on any atom is 0.318 e. The predicted octanol–water partition coefficient (Wildman–Crippen LogP) is 2.27. The molecule has 2 atom stereocenters. The van der Waals surface area contributed by atoms with Crippen LogP contribution in [0.3, 0.4) is 0 Å². The number of amides is 3. The van der Waals surface area contributed by atoms with Crippen molar-refractivity contribution in [1.29, 1.82) is 0 Å². The number of aryl methyl sites for hydroxylation is 2. The minimum absolute atomic E-state index is 0.0273. The Hall–Kier alpha value is -2.05. The minimum Gasteiger partial charge on any atom is -0.341 e. The van der Waals surface area contributed by atoms with Gasteiger partial charge in [0.2, 0.25) is 5.91 Å². The molecule has 2 aliphatic heterocycles. The second kappa shape index (κ2) is 7.45. The molecule has 7 heteroatoms. The molecule has 3 heterocycles. The largest absolute Gasteiger partial charge is 0.341 e. The molecule has 0 bridgehead atoms. The summed E-state index contributed by atoms with van der Waals surface area (Å²) in [6.07, 6.45) is 5.20. The maximum atomic E-state index is 12.8. The van der Waals surface area contributed by atoms with Crippen LogP contribution in [-0.2, 0) is 4.79 Å². The van der Waals surface area contributed by atoms with E-state index in [-0.39, 0.29) is 18.0 Å². The van der Waals surface area contributed by atoms with Crippen molar-refractivity contribution in [2.75, 3.05) is 19.6 Å². The fourth-order valence-electron chi connectivity index (χ4n) is 4.08. The van der Waals surface area contributed by atoms with Crippen molar-refractivity contribution in [3.63, 3.8) is 0 Å². The topological polar surface area (TPSA) is 81.3 Å². The van der Waals surface area contributed by atoms with Crippen LogP contribution in [0.15, 0.2) is 0 Å². The number of hydrogen-bond acceptors (Lipinski definition) is 3. The van der Waals surface area contributed by atoms with E-state index in [1.54, 1.807) is 6.92 Å². The number of urea groups is 1. The van der Waals surface area contributed by atoms with Gasteiger partial charge in [-0.2, -0.15) is 5.10 Å². The Bertz CT molecular complexity index is 616. The fourth-order valence-corrected chi connectivity index (χ4v) is 4.08. The highest BCUT2D eigenvalue weighted by molar-refractivity contribution is 5.87. The van der Waals surface area contributed by atoms with E-state index in [1.165, 1.54) is 6.42 Å². The summed E-state index contributed by atoms with van der Waals surface area (Å²) in [5, 5.41) is 10.2. The summed E-state index contributed by atoms with van der Waals surface area (Å²) in [6, 6.07) is -0.602. The van der Waals surface area contributed by atoms with Gasteiger partial charge in [0.25, 0.3) is 0 Å². The first-order valence-electron chi connectivity index (χ1n) is 9.36. The summed E-state index contributed by atoms with van der Waals surface area (Å²) < 4.78 is 0. The highest BCUT2D eigenvalue weighted by Crippen LogP contribution is 2.34. The number of H-pyrrole nitrogens is 1. The second-order valence-electron chi connectivity index (χ2n) is 7.26. The number of likely N-dealkylation sites (tertiary alicyclic amines) is 2. The van der Waals surface area contributed by atoms with E-state index >= 15 is 0 Å². The SMILES string of the molecule is Cc1n[nH]c(C)c1C1CCCN1C(=O)N[C@@H](C)C(=O)N1CCCCC1. The molecule has 1 unspecified atom stereocenters. The van der Waals surface area contributed by atoms with Gasteiger partial charge >= 0.3 is 6.03 Å². The van der Waals surface area contributed by atoms with Crippen molar-refractivity contribution in [2.45, 2.75) is 65.0 Å². The van der Waals surface area contributed by atoms with E-state index in [1.807, 2.05) is 23.6 Å². The molecule has 3 rings (SSSR count). The van der Waals surface area contributed by atoms with E-state index in [9.17, 15) is 9.59 Å². The summed E-state index contributed by atoms with van der Waals surface area (Å²) in [5.74, 6) is 0.0273. The van der Waals surface area contributed by atoms with Gasteiger partial charge in [-0.1, -0.05) is 0 Å². The van der Waals surface area contributed by atoms with Crippen molar-refractivity contribution in [3.05, 3.63) is 17.0 Å². The monoisotopic (exact) mass is 347 g/mol. The average Bonchev–Trinajstić information content (AvgIpc) is 3.21. The van der Waals surface area contributed by atoms with Gasteiger partial charge in [0.05, 0.1) is 11.7 Å². The first-order chi connectivity index (χ1) is 12.0. The van der Waals surface area contributed by atoms with Crippen LogP contribution in [0.4, 0.5) is 4.79 Å². The number of nitrogens with zero attached hydrogens (tertiary/aromatic N) is 3. The van der Waals surface area contributed by atoms with Crippen LogP contribution in [0.1, 0.15) is 62.0 Å². The van der Waals surface area contributed by atoms with Crippen LogP contribution in [0.5, 0.6) is 0 Å². The van der Waals surface area contributed by atoms with Gasteiger partial charge in [-0.05, 0) is 52.9 Å². The Kier molecular flexibility index (Phi) is 5.30. The molecule has 2 saturated heterocycles. The smallest absolute Gasteiger partial charge is 0.318 e. The van der Waals surface area contributed by atoms with Crippen LogP contribution in [0.2, 0.25) is 0 Å². The Morgan fingerprint density at radius 2 is 1.88 bits per heavy atom. The molecular weight excluding hydrogens is 318 g/mol. The van der Waals surface area contributed by atoms with E-state index in [0.717, 1.165) is 55.7 Å². The van der Waals surface area contributed by atoms with Crippen molar-refractivity contribution < 1.29 is 9.59 Å². The summed E-state index contributed by atoms with van der Waals surface area (Å²) in [7, 11) is 0. The number of rotatable bonds is 3. The third-order valence-corrected chi connectivity index (χ3v) is 5.41. The third kappa shape index (κ3) is 3.65. The highest BCUT2D eigenvalue weighted by Gasteiger charge is 2.34. The Balaban J connectivity index is 1.64. The lowest BCUT2D eigenvalue weighted by atomic mass is 10.0. The maximum absolute atomic E-state index is 12.8. The van der Waals surface area contributed by atoms with Crippen LogP contribution >= 0.6 is 0 Å². The quantitative estimate of drug-likeness (QED) is 0.880. The molecule has 2 aliphatic rings. The van der Waals surface area contributed by atoms with E-state index in [2.05, 4.69) is 15.5 Å². The van der Waals surface area contributed by atoms with Crippen LogP contribution in [0, 0.1) is 13.8 Å². The minimum atomic E-state index is -0.488. The first-order valence-corrected chi connectivity index (χ1v) is 9.36. The molecule has 138 valence electrons. The van der Waals surface area contributed by atoms with Gasteiger partial charge in [0.15, 0.2) is 0 Å². The second-order valence-corrected chi connectivity index (χ2v) is 7.26. The standard InChI is InChI=1S/C18H29N5O2/c1-12-16(13(2)21-20-12)15-8-7-11-23(15)18(25)19-14(3)17(24)22-9-5-4-6-10-22/h14-15H,4-11H2,1-3H3,(H,19,25)(H,20,21)/t14-,15?/m0/s1. The van der Waals surface area contributed by atoms with Crippen LogP contribution < -0.4 is 5.32 Å². The molecule has 0 saturated carbocycles. The van der Waals surface area contributed by atoms with E-state index in [4.69, 9.17) is 0 Å². The number of carbonyl (C=O) groups excluding carboxylic acids is 2. The van der Waals surface area contributed by atoms with Gasteiger partial charge in [-0.3, -0.25) is 9.89 Å². The zero-order valence-electron chi connectivity index (χ0n) is 15.5. The highest BCUT2D eigenvalue weighted by atomic mass is 16.2. The summed E-state index contributed by atoms with van der Waals surface area (Å²) in [6.45, 7) is 8.07. The molecule has 2 N–H and O–H groups in total. The molecule has 0 spiro atoms. The molecule has 1 aromatic heterocycles. The number of aromatic amines is 1. The first kappa shape index (κ1) is 17.8. The van der Waals surface area contributed by atoms with Crippen molar-refractivity contribution in [2.24, 2.45) is 0 Å². The molecule has 0 radical (unpaired) electrons.